The summed E-state index contributed by atoms with van der Waals surface area (Å²) in [6, 6.07) is 8.46. The Morgan fingerprint density at radius 2 is 1.95 bits per heavy atom. The van der Waals surface area contributed by atoms with Crippen molar-refractivity contribution in [1.82, 2.24) is 9.55 Å². The molecule has 2 aliphatic rings. The highest BCUT2D eigenvalue weighted by molar-refractivity contribution is 5.69. The van der Waals surface area contributed by atoms with E-state index in [1.165, 1.54) is 17.5 Å². The number of nitrogens with zero attached hydrogens (tertiary/aromatic N) is 2. The Morgan fingerprint density at radius 3 is 2.79 bits per heavy atom. The highest BCUT2D eigenvalue weighted by Gasteiger charge is 2.44. The van der Waals surface area contributed by atoms with E-state index < -0.39 is 5.60 Å². The van der Waals surface area contributed by atoms with Crippen molar-refractivity contribution in [1.29, 1.82) is 0 Å². The van der Waals surface area contributed by atoms with Crippen molar-refractivity contribution in [2.45, 2.75) is 43.7 Å². The predicted octanol–water partition coefficient (Wildman–Crippen LogP) is 3.15. The van der Waals surface area contributed by atoms with Crippen LogP contribution >= 0.6 is 0 Å². The Hall–Kier alpha value is -1.61. The number of imidazole rings is 1. The summed E-state index contributed by atoms with van der Waals surface area (Å²) in [4.78, 5) is 4.27. The summed E-state index contributed by atoms with van der Waals surface area (Å²) in [5.74, 6) is 0. The van der Waals surface area contributed by atoms with Crippen LogP contribution in [0.1, 0.15) is 43.7 Å². The molecule has 0 saturated heterocycles. The number of benzene rings is 1. The van der Waals surface area contributed by atoms with Gasteiger partial charge in [0.2, 0.25) is 0 Å². The second kappa shape index (κ2) is 3.94. The van der Waals surface area contributed by atoms with Crippen LogP contribution < -0.4 is 0 Å². The Balaban J connectivity index is 1.89. The molecule has 1 fully saturated rings. The average Bonchev–Trinajstić information content (AvgIpc) is 2.99. The van der Waals surface area contributed by atoms with Crippen LogP contribution in [0.2, 0.25) is 0 Å². The highest BCUT2D eigenvalue weighted by atomic mass is 16.3. The molecule has 0 bridgehead atoms. The minimum absolute atomic E-state index is 0.0431. The second-order valence-electron chi connectivity index (χ2n) is 5.84. The van der Waals surface area contributed by atoms with Gasteiger partial charge in [0.1, 0.15) is 0 Å². The van der Waals surface area contributed by atoms with Gasteiger partial charge in [-0.2, -0.15) is 0 Å². The summed E-state index contributed by atoms with van der Waals surface area (Å²) in [5, 5.41) is 11.1. The van der Waals surface area contributed by atoms with E-state index in [1.807, 2.05) is 12.5 Å². The summed E-state index contributed by atoms with van der Waals surface area (Å²) in [6.07, 6.45) is 9.05. The molecular weight excluding hydrogens is 236 g/mol. The van der Waals surface area contributed by atoms with Crippen LogP contribution in [0.3, 0.4) is 0 Å². The van der Waals surface area contributed by atoms with E-state index in [9.17, 15) is 5.11 Å². The van der Waals surface area contributed by atoms with Crippen LogP contribution in [0.4, 0.5) is 0 Å². The SMILES string of the molecule is OC1(C2c3ccccc3-c3cncn32)CCCCC1. The van der Waals surface area contributed by atoms with Crippen molar-refractivity contribution in [2.75, 3.05) is 0 Å². The number of aliphatic hydroxyl groups is 1. The standard InChI is InChI=1S/C16H18N2O/c19-16(8-4-1-5-9-16)15-13-7-3-2-6-12(13)14-10-17-11-18(14)15/h2-3,6-7,10-11,15,19H,1,4-5,8-9H2. The molecule has 1 atom stereocenters. The zero-order valence-electron chi connectivity index (χ0n) is 10.9. The molecule has 1 saturated carbocycles. The van der Waals surface area contributed by atoms with E-state index in [-0.39, 0.29) is 6.04 Å². The molecule has 0 radical (unpaired) electrons. The second-order valence-corrected chi connectivity index (χ2v) is 5.84. The van der Waals surface area contributed by atoms with Gasteiger partial charge >= 0.3 is 0 Å². The molecular formula is C16H18N2O. The van der Waals surface area contributed by atoms with Crippen molar-refractivity contribution in [2.24, 2.45) is 0 Å². The van der Waals surface area contributed by atoms with Crippen molar-refractivity contribution in [3.8, 4) is 11.3 Å². The fourth-order valence-electron chi connectivity index (χ4n) is 3.82. The largest absolute Gasteiger partial charge is 0.387 e. The van der Waals surface area contributed by atoms with Crippen LogP contribution in [0, 0.1) is 0 Å². The molecule has 98 valence electrons. The summed E-state index contributed by atoms with van der Waals surface area (Å²) in [7, 11) is 0. The molecule has 19 heavy (non-hydrogen) atoms. The van der Waals surface area contributed by atoms with Crippen molar-refractivity contribution in [3.05, 3.63) is 42.4 Å². The molecule has 3 nitrogen and oxygen atoms in total. The summed E-state index contributed by atoms with van der Waals surface area (Å²) < 4.78 is 2.16. The molecule has 1 aliphatic heterocycles. The monoisotopic (exact) mass is 254 g/mol. The van der Waals surface area contributed by atoms with Gasteiger partial charge in [0.15, 0.2) is 0 Å². The number of fused-ring (bicyclic) bond motifs is 3. The fraction of sp³-hybridized carbons (Fsp3) is 0.438. The first-order chi connectivity index (χ1) is 9.30. The van der Waals surface area contributed by atoms with Crippen LogP contribution in [-0.2, 0) is 0 Å². The molecule has 2 aromatic rings. The lowest BCUT2D eigenvalue weighted by molar-refractivity contribution is -0.0281. The van der Waals surface area contributed by atoms with Gasteiger partial charge in [0.25, 0.3) is 0 Å². The molecule has 1 unspecified atom stereocenters. The van der Waals surface area contributed by atoms with Crippen LogP contribution in [-0.4, -0.2) is 20.3 Å². The van der Waals surface area contributed by atoms with Gasteiger partial charge in [-0.25, -0.2) is 4.98 Å². The third-order valence-electron chi connectivity index (χ3n) is 4.70. The van der Waals surface area contributed by atoms with Gasteiger partial charge in [0, 0.05) is 5.56 Å². The highest BCUT2D eigenvalue weighted by Crippen LogP contribution is 2.48. The first-order valence-corrected chi connectivity index (χ1v) is 7.13. The van der Waals surface area contributed by atoms with E-state index in [0.29, 0.717) is 0 Å². The summed E-state index contributed by atoms with van der Waals surface area (Å²) in [6.45, 7) is 0. The third kappa shape index (κ3) is 1.51. The summed E-state index contributed by atoms with van der Waals surface area (Å²) >= 11 is 0. The lowest BCUT2D eigenvalue weighted by Gasteiger charge is -2.38. The topological polar surface area (TPSA) is 38.1 Å². The van der Waals surface area contributed by atoms with Crippen LogP contribution in [0.5, 0.6) is 0 Å². The molecule has 2 heterocycles. The first-order valence-electron chi connectivity index (χ1n) is 7.13. The molecule has 1 aromatic heterocycles. The van der Waals surface area contributed by atoms with Gasteiger partial charge in [0.05, 0.1) is 29.9 Å². The third-order valence-corrected chi connectivity index (χ3v) is 4.70. The van der Waals surface area contributed by atoms with E-state index in [1.54, 1.807) is 0 Å². The molecule has 1 aliphatic carbocycles. The number of hydrogen-bond donors (Lipinski definition) is 1. The van der Waals surface area contributed by atoms with Crippen molar-refractivity contribution in [3.63, 3.8) is 0 Å². The smallest absolute Gasteiger partial charge is 0.0957 e. The maximum atomic E-state index is 11.1. The minimum Gasteiger partial charge on any atom is -0.387 e. The van der Waals surface area contributed by atoms with Crippen LogP contribution in [0.15, 0.2) is 36.8 Å². The fourth-order valence-corrected chi connectivity index (χ4v) is 3.82. The van der Waals surface area contributed by atoms with Gasteiger partial charge in [-0.1, -0.05) is 43.5 Å². The number of aromatic nitrogens is 2. The van der Waals surface area contributed by atoms with E-state index in [4.69, 9.17) is 0 Å². The van der Waals surface area contributed by atoms with Gasteiger partial charge in [-0.15, -0.1) is 0 Å². The van der Waals surface area contributed by atoms with Gasteiger partial charge < -0.3 is 9.67 Å². The first kappa shape index (κ1) is 11.2. The maximum absolute atomic E-state index is 11.1. The summed E-state index contributed by atoms with van der Waals surface area (Å²) in [5.41, 5.74) is 3.01. The molecule has 0 spiro atoms. The molecule has 3 heteroatoms. The van der Waals surface area contributed by atoms with Crippen molar-refractivity contribution >= 4 is 0 Å². The molecule has 1 N–H and O–H groups in total. The quantitative estimate of drug-likeness (QED) is 0.849. The lowest BCUT2D eigenvalue weighted by atomic mass is 9.77. The molecule has 0 amide bonds. The normalized spacial score (nSPS) is 23.9. The Kier molecular flexibility index (Phi) is 2.33. The van der Waals surface area contributed by atoms with Gasteiger partial charge in [-0.3, -0.25) is 0 Å². The Labute approximate surface area is 112 Å². The Morgan fingerprint density at radius 1 is 1.16 bits per heavy atom. The average molecular weight is 254 g/mol. The number of hydrogen-bond acceptors (Lipinski definition) is 2. The van der Waals surface area contributed by atoms with Crippen molar-refractivity contribution < 1.29 is 5.11 Å². The molecule has 1 aromatic carbocycles. The van der Waals surface area contributed by atoms with E-state index >= 15 is 0 Å². The minimum atomic E-state index is -0.611. The maximum Gasteiger partial charge on any atom is 0.0957 e. The predicted molar refractivity (Wildman–Crippen MR) is 73.8 cm³/mol. The zero-order valence-corrected chi connectivity index (χ0v) is 10.9. The molecule has 4 rings (SSSR count). The van der Waals surface area contributed by atoms with E-state index in [0.717, 1.165) is 31.4 Å². The van der Waals surface area contributed by atoms with Gasteiger partial charge in [-0.05, 0) is 18.4 Å². The number of rotatable bonds is 1. The lowest BCUT2D eigenvalue weighted by Crippen LogP contribution is -2.40. The van der Waals surface area contributed by atoms with Crippen LogP contribution in [0.25, 0.3) is 11.3 Å². The Bertz CT molecular complexity index is 611. The zero-order chi connectivity index (χ0) is 12.9. The van der Waals surface area contributed by atoms with E-state index in [2.05, 4.69) is 33.8 Å².